The molecule has 1 saturated heterocycles. The number of likely N-dealkylation sites (tertiary alicyclic amines) is 1. The lowest BCUT2D eigenvalue weighted by molar-refractivity contribution is 0.323. The summed E-state index contributed by atoms with van der Waals surface area (Å²) in [7, 11) is -3.50. The average Bonchev–Trinajstić information content (AvgIpc) is 3.29. The lowest BCUT2D eigenvalue weighted by Crippen LogP contribution is -2.26. The Morgan fingerprint density at radius 1 is 0.886 bits per heavy atom. The molecule has 0 radical (unpaired) electrons. The number of aryl methyl sites for hydroxylation is 1. The van der Waals surface area contributed by atoms with Crippen molar-refractivity contribution in [3.8, 4) is 5.75 Å². The summed E-state index contributed by atoms with van der Waals surface area (Å²) in [6, 6.07) is 21.1. The number of aromatic hydroxyl groups is 1. The third kappa shape index (κ3) is 6.48. The van der Waals surface area contributed by atoms with Crippen LogP contribution in [0.4, 0.5) is 4.39 Å². The molecule has 35 heavy (non-hydrogen) atoms. The van der Waals surface area contributed by atoms with E-state index in [0.717, 1.165) is 55.6 Å². The minimum absolute atomic E-state index is 0.227. The number of hydrogen-bond donors (Lipinski definition) is 2. The van der Waals surface area contributed by atoms with Crippen molar-refractivity contribution >= 4 is 10.0 Å². The molecule has 0 spiro atoms. The van der Waals surface area contributed by atoms with Crippen molar-refractivity contribution in [2.45, 2.75) is 42.9 Å². The molecule has 1 fully saturated rings. The molecule has 1 aliphatic rings. The number of phenolic OH excluding ortho intramolecular Hbond substituents is 1. The molecule has 0 amide bonds. The van der Waals surface area contributed by atoms with Crippen molar-refractivity contribution in [2.75, 3.05) is 26.2 Å². The van der Waals surface area contributed by atoms with Gasteiger partial charge in [0.2, 0.25) is 10.0 Å². The summed E-state index contributed by atoms with van der Waals surface area (Å²) < 4.78 is 41.3. The van der Waals surface area contributed by atoms with Crippen LogP contribution >= 0.6 is 0 Å². The number of nitrogens with zero attached hydrogens (tertiary/aromatic N) is 1. The van der Waals surface area contributed by atoms with E-state index in [1.54, 1.807) is 24.3 Å². The van der Waals surface area contributed by atoms with Gasteiger partial charge in [-0.05, 0) is 78.9 Å². The van der Waals surface area contributed by atoms with Crippen LogP contribution in [0.1, 0.15) is 48.3 Å². The maximum absolute atomic E-state index is 13.5. The lowest BCUT2D eigenvalue weighted by Gasteiger charge is -2.19. The van der Waals surface area contributed by atoms with Gasteiger partial charge in [0.15, 0.2) is 0 Å². The van der Waals surface area contributed by atoms with Gasteiger partial charge < -0.3 is 10.0 Å². The second-order valence-corrected chi connectivity index (χ2v) is 11.0. The Hall–Kier alpha value is -2.74. The molecule has 1 aliphatic heterocycles. The Labute approximate surface area is 207 Å². The minimum Gasteiger partial charge on any atom is -0.508 e. The number of nitrogens with one attached hydrogen (secondary N) is 1. The smallest absolute Gasteiger partial charge is 0.240 e. The predicted molar refractivity (Wildman–Crippen MR) is 137 cm³/mol. The van der Waals surface area contributed by atoms with Crippen molar-refractivity contribution in [2.24, 2.45) is 0 Å². The summed E-state index contributed by atoms with van der Waals surface area (Å²) in [4.78, 5) is 2.69. The molecule has 5 nitrogen and oxygen atoms in total. The topological polar surface area (TPSA) is 69.6 Å². The molecule has 2 unspecified atom stereocenters. The molecule has 1 heterocycles. The first kappa shape index (κ1) is 25.4. The summed E-state index contributed by atoms with van der Waals surface area (Å²) in [6.07, 6.45) is 2.49. The van der Waals surface area contributed by atoms with Crippen LogP contribution in [0.3, 0.4) is 0 Å². The third-order valence-electron chi connectivity index (χ3n) is 6.85. The Bertz CT molecular complexity index is 1140. The quantitative estimate of drug-likeness (QED) is 0.386. The molecule has 2 atom stereocenters. The number of halogens is 1. The molecule has 0 saturated carbocycles. The molecule has 0 bridgehead atoms. The van der Waals surface area contributed by atoms with Crippen molar-refractivity contribution in [1.82, 2.24) is 9.62 Å². The Balaban J connectivity index is 1.32. The minimum atomic E-state index is -3.50. The van der Waals surface area contributed by atoms with Gasteiger partial charge in [-0.1, -0.05) is 43.3 Å². The third-order valence-corrected chi connectivity index (χ3v) is 8.33. The van der Waals surface area contributed by atoms with E-state index >= 15 is 0 Å². The molecule has 3 aromatic rings. The lowest BCUT2D eigenvalue weighted by atomic mass is 9.84. The highest BCUT2D eigenvalue weighted by molar-refractivity contribution is 7.89. The van der Waals surface area contributed by atoms with E-state index in [2.05, 4.69) is 9.62 Å². The zero-order valence-electron chi connectivity index (χ0n) is 20.0. The molecule has 4 rings (SSSR count). The van der Waals surface area contributed by atoms with E-state index in [4.69, 9.17) is 0 Å². The van der Waals surface area contributed by atoms with Crippen LogP contribution in [0.15, 0.2) is 77.7 Å². The van der Waals surface area contributed by atoms with Crippen LogP contribution in [0.25, 0.3) is 0 Å². The fraction of sp³-hybridized carbons (Fsp3) is 0.357. The fourth-order valence-electron chi connectivity index (χ4n) is 4.83. The summed E-state index contributed by atoms with van der Waals surface area (Å²) >= 11 is 0. The summed E-state index contributed by atoms with van der Waals surface area (Å²) in [6.45, 7) is 5.01. The number of sulfonamides is 1. The molecule has 3 aromatic carbocycles. The standard InChI is InChI=1S/C28H33FN2O3S/c1-2-21-5-15-26(16-6-21)35(33,34)30-17-3-4-18-31-19-27(22-7-11-24(29)12-8-22)28(20-31)23-9-13-25(32)14-10-23/h5-16,27-28,30,32H,2-4,17-20H2,1H3. The van der Waals surface area contributed by atoms with Gasteiger partial charge in [0.05, 0.1) is 4.90 Å². The average molecular weight is 497 g/mol. The highest BCUT2D eigenvalue weighted by atomic mass is 32.2. The molecule has 186 valence electrons. The van der Waals surface area contributed by atoms with Crippen LogP contribution in [-0.4, -0.2) is 44.6 Å². The van der Waals surface area contributed by atoms with Gasteiger partial charge in [0.25, 0.3) is 0 Å². The highest BCUT2D eigenvalue weighted by Crippen LogP contribution is 2.40. The molecule has 0 aliphatic carbocycles. The normalized spacial score (nSPS) is 18.7. The maximum atomic E-state index is 13.5. The SMILES string of the molecule is CCc1ccc(S(=O)(=O)NCCCCN2CC(c3ccc(O)cc3)C(c3ccc(F)cc3)C2)cc1. The Morgan fingerprint density at radius 3 is 2.03 bits per heavy atom. The van der Waals surface area contributed by atoms with Gasteiger partial charge in [0.1, 0.15) is 11.6 Å². The Morgan fingerprint density at radius 2 is 1.46 bits per heavy atom. The predicted octanol–water partition coefficient (Wildman–Crippen LogP) is 5.04. The highest BCUT2D eigenvalue weighted by Gasteiger charge is 2.34. The van der Waals surface area contributed by atoms with Crippen LogP contribution in [-0.2, 0) is 16.4 Å². The first-order valence-electron chi connectivity index (χ1n) is 12.2. The van der Waals surface area contributed by atoms with Gasteiger partial charge in [-0.2, -0.15) is 0 Å². The van der Waals surface area contributed by atoms with Gasteiger partial charge >= 0.3 is 0 Å². The maximum Gasteiger partial charge on any atom is 0.240 e. The number of unbranched alkanes of at least 4 members (excludes halogenated alkanes) is 1. The zero-order valence-corrected chi connectivity index (χ0v) is 20.8. The summed E-state index contributed by atoms with van der Waals surface area (Å²) in [5.41, 5.74) is 3.37. The number of benzene rings is 3. The van der Waals surface area contributed by atoms with E-state index in [9.17, 15) is 17.9 Å². The first-order chi connectivity index (χ1) is 16.9. The van der Waals surface area contributed by atoms with Crippen molar-refractivity contribution in [3.63, 3.8) is 0 Å². The monoisotopic (exact) mass is 496 g/mol. The summed E-state index contributed by atoms with van der Waals surface area (Å²) in [5.74, 6) is 0.467. The summed E-state index contributed by atoms with van der Waals surface area (Å²) in [5, 5.41) is 9.68. The fourth-order valence-corrected chi connectivity index (χ4v) is 5.90. The number of phenols is 1. The number of rotatable bonds is 10. The van der Waals surface area contributed by atoms with Crippen molar-refractivity contribution in [3.05, 3.63) is 95.3 Å². The van der Waals surface area contributed by atoms with E-state index < -0.39 is 10.0 Å². The van der Waals surface area contributed by atoms with E-state index in [-0.39, 0.29) is 23.4 Å². The molecule has 2 N–H and O–H groups in total. The molecular weight excluding hydrogens is 463 g/mol. The molecule has 0 aromatic heterocycles. The van der Waals surface area contributed by atoms with Crippen LogP contribution < -0.4 is 4.72 Å². The van der Waals surface area contributed by atoms with E-state index in [1.807, 2.05) is 43.3 Å². The Kier molecular flexibility index (Phi) is 8.21. The first-order valence-corrected chi connectivity index (χ1v) is 13.7. The van der Waals surface area contributed by atoms with E-state index in [1.165, 1.54) is 12.1 Å². The second-order valence-electron chi connectivity index (χ2n) is 9.22. The van der Waals surface area contributed by atoms with Crippen LogP contribution in [0.2, 0.25) is 0 Å². The molecule has 7 heteroatoms. The van der Waals surface area contributed by atoms with E-state index in [0.29, 0.717) is 11.4 Å². The largest absolute Gasteiger partial charge is 0.508 e. The van der Waals surface area contributed by atoms with Crippen molar-refractivity contribution < 1.29 is 17.9 Å². The van der Waals surface area contributed by atoms with Crippen molar-refractivity contribution in [1.29, 1.82) is 0 Å². The van der Waals surface area contributed by atoms with Gasteiger partial charge in [-0.3, -0.25) is 0 Å². The number of hydrogen-bond acceptors (Lipinski definition) is 4. The van der Waals surface area contributed by atoms with Gasteiger partial charge in [-0.15, -0.1) is 0 Å². The molecular formula is C28H33FN2O3S. The van der Waals surface area contributed by atoms with Gasteiger partial charge in [0, 0.05) is 31.5 Å². The van der Waals surface area contributed by atoms with Crippen LogP contribution in [0, 0.1) is 5.82 Å². The second kappa shape index (κ2) is 11.3. The van der Waals surface area contributed by atoms with Gasteiger partial charge in [-0.25, -0.2) is 17.5 Å². The van der Waals surface area contributed by atoms with Crippen LogP contribution in [0.5, 0.6) is 5.75 Å². The zero-order chi connectivity index (χ0) is 24.8.